The molecule has 1 aliphatic rings. The van der Waals surface area contributed by atoms with E-state index in [-0.39, 0.29) is 6.04 Å². The van der Waals surface area contributed by atoms with E-state index in [0.717, 1.165) is 56.9 Å². The lowest BCUT2D eigenvalue weighted by atomic mass is 10.1. The van der Waals surface area contributed by atoms with Crippen molar-refractivity contribution in [1.29, 1.82) is 0 Å². The molecule has 0 aliphatic carbocycles. The van der Waals surface area contributed by atoms with Gasteiger partial charge in [0.1, 0.15) is 11.5 Å². The Labute approximate surface area is 138 Å². The van der Waals surface area contributed by atoms with Crippen LogP contribution in [0, 0.1) is 6.92 Å². The number of nitrogens with zero attached hydrogens (tertiary/aromatic N) is 2. The number of rotatable bonds is 7. The van der Waals surface area contributed by atoms with Gasteiger partial charge in [-0.1, -0.05) is 0 Å². The summed E-state index contributed by atoms with van der Waals surface area (Å²) in [7, 11) is 3.45. The molecule has 1 unspecified atom stereocenters. The molecule has 0 aromatic carbocycles. The molecule has 7 heteroatoms. The molecular formula is C16H28N4O3. The zero-order chi connectivity index (χ0) is 16.5. The Morgan fingerprint density at radius 1 is 1.35 bits per heavy atom. The molecule has 2 rings (SSSR count). The molecule has 1 aliphatic heterocycles. The average molecular weight is 324 g/mol. The van der Waals surface area contributed by atoms with Gasteiger partial charge < -0.3 is 24.5 Å². The van der Waals surface area contributed by atoms with E-state index in [0.29, 0.717) is 6.61 Å². The molecule has 0 bridgehead atoms. The Balaban J connectivity index is 1.96. The van der Waals surface area contributed by atoms with Gasteiger partial charge in [0.05, 0.1) is 25.9 Å². The van der Waals surface area contributed by atoms with E-state index in [2.05, 4.69) is 26.6 Å². The summed E-state index contributed by atoms with van der Waals surface area (Å²) in [5.74, 6) is 2.67. The smallest absolute Gasteiger partial charge is 0.191 e. The maximum atomic E-state index is 5.86. The van der Waals surface area contributed by atoms with Crippen LogP contribution in [-0.2, 0) is 9.47 Å². The van der Waals surface area contributed by atoms with Crippen LogP contribution in [0.1, 0.15) is 17.6 Å². The molecule has 23 heavy (non-hydrogen) atoms. The Kier molecular flexibility index (Phi) is 7.38. The third-order valence-electron chi connectivity index (χ3n) is 3.86. The minimum atomic E-state index is 0.161. The van der Waals surface area contributed by atoms with E-state index in [9.17, 15) is 0 Å². The third kappa shape index (κ3) is 5.53. The number of hydrogen-bond donors (Lipinski definition) is 2. The summed E-state index contributed by atoms with van der Waals surface area (Å²) in [6.07, 6.45) is 0. The van der Waals surface area contributed by atoms with Gasteiger partial charge >= 0.3 is 0 Å². The zero-order valence-electron chi connectivity index (χ0n) is 14.3. The zero-order valence-corrected chi connectivity index (χ0v) is 14.3. The maximum absolute atomic E-state index is 5.86. The van der Waals surface area contributed by atoms with E-state index in [1.54, 1.807) is 14.2 Å². The summed E-state index contributed by atoms with van der Waals surface area (Å²) in [6.45, 7) is 7.39. The Morgan fingerprint density at radius 2 is 2.13 bits per heavy atom. The lowest BCUT2D eigenvalue weighted by molar-refractivity contribution is 0.0124. The largest absolute Gasteiger partial charge is 0.465 e. The molecule has 1 atom stereocenters. The first-order valence-electron chi connectivity index (χ1n) is 8.06. The first-order valence-corrected chi connectivity index (χ1v) is 8.06. The maximum Gasteiger partial charge on any atom is 0.191 e. The van der Waals surface area contributed by atoms with Crippen molar-refractivity contribution >= 4 is 5.96 Å². The fourth-order valence-corrected chi connectivity index (χ4v) is 2.62. The summed E-state index contributed by atoms with van der Waals surface area (Å²) in [6, 6.07) is 4.22. The number of hydrogen-bond acceptors (Lipinski definition) is 5. The molecule has 2 N–H and O–H groups in total. The molecule has 0 spiro atoms. The lowest BCUT2D eigenvalue weighted by Gasteiger charge is -2.33. The number of aryl methyl sites for hydroxylation is 1. The second-order valence-electron chi connectivity index (χ2n) is 5.49. The van der Waals surface area contributed by atoms with Crippen molar-refractivity contribution in [2.75, 3.05) is 60.2 Å². The monoisotopic (exact) mass is 324 g/mol. The first-order chi connectivity index (χ1) is 11.2. The number of methoxy groups -OCH3 is 1. The lowest BCUT2D eigenvalue weighted by Crippen LogP contribution is -2.46. The second kappa shape index (κ2) is 9.54. The number of ether oxygens (including phenoxy) is 2. The molecule has 1 saturated heterocycles. The predicted octanol–water partition coefficient (Wildman–Crippen LogP) is 0.773. The molecule has 0 radical (unpaired) electrons. The van der Waals surface area contributed by atoms with Crippen molar-refractivity contribution in [1.82, 2.24) is 15.5 Å². The molecule has 7 nitrogen and oxygen atoms in total. The standard InChI is InChI=1S/C16H28N4O3/c1-13-4-5-15(23-13)14(20-7-10-22-11-8-20)12-19-16(17-2)18-6-9-21-3/h4-5,14H,6-12H2,1-3H3,(H2,17,18,19). The van der Waals surface area contributed by atoms with Gasteiger partial charge in [-0.05, 0) is 19.1 Å². The van der Waals surface area contributed by atoms with Gasteiger partial charge in [-0.15, -0.1) is 0 Å². The van der Waals surface area contributed by atoms with Crippen LogP contribution >= 0.6 is 0 Å². The average Bonchev–Trinajstić information content (AvgIpc) is 3.00. The van der Waals surface area contributed by atoms with Crippen molar-refractivity contribution in [3.63, 3.8) is 0 Å². The van der Waals surface area contributed by atoms with Gasteiger partial charge in [0.2, 0.25) is 0 Å². The van der Waals surface area contributed by atoms with Crippen LogP contribution in [0.15, 0.2) is 21.5 Å². The van der Waals surface area contributed by atoms with Crippen molar-refractivity contribution in [2.45, 2.75) is 13.0 Å². The van der Waals surface area contributed by atoms with Gasteiger partial charge in [0, 0.05) is 40.3 Å². The Bertz CT molecular complexity index is 483. The summed E-state index contributed by atoms with van der Waals surface area (Å²) in [5.41, 5.74) is 0. The highest BCUT2D eigenvalue weighted by Crippen LogP contribution is 2.23. The summed E-state index contributed by atoms with van der Waals surface area (Å²) >= 11 is 0. The van der Waals surface area contributed by atoms with Crippen molar-refractivity contribution in [3.8, 4) is 0 Å². The third-order valence-corrected chi connectivity index (χ3v) is 3.86. The molecule has 1 aromatic rings. The van der Waals surface area contributed by atoms with E-state index >= 15 is 0 Å². The van der Waals surface area contributed by atoms with Crippen LogP contribution in [0.5, 0.6) is 0 Å². The van der Waals surface area contributed by atoms with E-state index in [4.69, 9.17) is 13.9 Å². The van der Waals surface area contributed by atoms with Crippen LogP contribution in [-0.4, -0.2) is 71.0 Å². The van der Waals surface area contributed by atoms with Crippen LogP contribution in [0.3, 0.4) is 0 Å². The normalized spacial score (nSPS) is 18.0. The molecule has 2 heterocycles. The fourth-order valence-electron chi connectivity index (χ4n) is 2.62. The summed E-state index contributed by atoms with van der Waals surface area (Å²) in [4.78, 5) is 6.63. The Morgan fingerprint density at radius 3 is 2.74 bits per heavy atom. The van der Waals surface area contributed by atoms with Crippen molar-refractivity contribution in [2.24, 2.45) is 4.99 Å². The number of guanidine groups is 1. The van der Waals surface area contributed by atoms with Gasteiger partial charge in [-0.25, -0.2) is 0 Å². The van der Waals surface area contributed by atoms with Crippen LogP contribution in [0.4, 0.5) is 0 Å². The highest BCUT2D eigenvalue weighted by molar-refractivity contribution is 5.79. The number of nitrogens with one attached hydrogen (secondary N) is 2. The number of furan rings is 1. The summed E-state index contributed by atoms with van der Waals surface area (Å²) < 4.78 is 16.4. The quantitative estimate of drug-likeness (QED) is 0.439. The fraction of sp³-hybridized carbons (Fsp3) is 0.688. The van der Waals surface area contributed by atoms with Crippen LogP contribution in [0.2, 0.25) is 0 Å². The van der Waals surface area contributed by atoms with E-state index in [1.807, 2.05) is 13.0 Å². The van der Waals surface area contributed by atoms with Gasteiger partial charge in [0.25, 0.3) is 0 Å². The second-order valence-corrected chi connectivity index (χ2v) is 5.49. The first kappa shape index (κ1) is 17.8. The van der Waals surface area contributed by atoms with Gasteiger partial charge in [-0.2, -0.15) is 0 Å². The minimum absolute atomic E-state index is 0.161. The molecule has 0 amide bonds. The van der Waals surface area contributed by atoms with E-state index in [1.165, 1.54) is 0 Å². The molecule has 0 saturated carbocycles. The van der Waals surface area contributed by atoms with E-state index < -0.39 is 0 Å². The van der Waals surface area contributed by atoms with Crippen LogP contribution in [0.25, 0.3) is 0 Å². The highest BCUT2D eigenvalue weighted by atomic mass is 16.5. The number of morpholine rings is 1. The van der Waals surface area contributed by atoms with Crippen LogP contribution < -0.4 is 10.6 Å². The molecule has 130 valence electrons. The van der Waals surface area contributed by atoms with Gasteiger partial charge in [-0.3, -0.25) is 9.89 Å². The number of aliphatic imine (C=N–C) groups is 1. The topological polar surface area (TPSA) is 71.3 Å². The van der Waals surface area contributed by atoms with Crippen molar-refractivity contribution in [3.05, 3.63) is 23.7 Å². The molecular weight excluding hydrogens is 296 g/mol. The minimum Gasteiger partial charge on any atom is -0.465 e. The van der Waals surface area contributed by atoms with Gasteiger partial charge in [0.15, 0.2) is 5.96 Å². The van der Waals surface area contributed by atoms with Crippen molar-refractivity contribution < 1.29 is 13.9 Å². The summed E-state index contributed by atoms with van der Waals surface area (Å²) in [5, 5.41) is 6.60. The molecule has 1 fully saturated rings. The SMILES string of the molecule is CN=C(NCCOC)NCC(c1ccc(C)o1)N1CCOCC1. The highest BCUT2D eigenvalue weighted by Gasteiger charge is 2.25. The Hall–Kier alpha value is -1.57. The molecule has 1 aromatic heterocycles. The predicted molar refractivity (Wildman–Crippen MR) is 89.8 cm³/mol.